The lowest BCUT2D eigenvalue weighted by atomic mass is 9.97. The van der Waals surface area contributed by atoms with Gasteiger partial charge in [0.2, 0.25) is 0 Å². The molecular formula is C10H20N2O2. The van der Waals surface area contributed by atoms with Crippen LogP contribution in [-0.4, -0.2) is 36.7 Å². The van der Waals surface area contributed by atoms with Crippen LogP contribution >= 0.6 is 0 Å². The summed E-state index contributed by atoms with van der Waals surface area (Å²) in [7, 11) is 0. The van der Waals surface area contributed by atoms with E-state index in [4.69, 9.17) is 10.5 Å². The van der Waals surface area contributed by atoms with Crippen LogP contribution < -0.4 is 5.73 Å². The van der Waals surface area contributed by atoms with E-state index in [1.165, 1.54) is 0 Å². The van der Waals surface area contributed by atoms with Crippen LogP contribution in [0.4, 0.5) is 0 Å². The van der Waals surface area contributed by atoms with E-state index in [1.54, 1.807) is 0 Å². The Kier molecular flexibility index (Phi) is 4.35. The summed E-state index contributed by atoms with van der Waals surface area (Å²) in [6.07, 6.45) is 1.85. The SMILES string of the molecule is CCOC(=O)C1CCN(C(C)N)CC1. The van der Waals surface area contributed by atoms with E-state index in [0.29, 0.717) is 6.61 Å². The molecule has 4 nitrogen and oxygen atoms in total. The van der Waals surface area contributed by atoms with Crippen LogP contribution in [-0.2, 0) is 9.53 Å². The minimum absolute atomic E-state index is 0.0446. The minimum atomic E-state index is -0.0446. The van der Waals surface area contributed by atoms with E-state index in [-0.39, 0.29) is 18.1 Å². The van der Waals surface area contributed by atoms with Crippen molar-refractivity contribution in [2.45, 2.75) is 32.9 Å². The lowest BCUT2D eigenvalue weighted by molar-refractivity contribution is -0.149. The standard InChI is InChI=1S/C10H20N2O2/c1-3-14-10(13)9-4-6-12(7-5-9)8(2)11/h8-9H,3-7,11H2,1-2H3. The molecule has 1 aliphatic heterocycles. The van der Waals surface area contributed by atoms with Crippen molar-refractivity contribution in [1.82, 2.24) is 4.90 Å². The van der Waals surface area contributed by atoms with Gasteiger partial charge in [-0.1, -0.05) is 0 Å². The number of hydrogen-bond donors (Lipinski definition) is 1. The number of likely N-dealkylation sites (tertiary alicyclic amines) is 1. The first-order valence-electron chi connectivity index (χ1n) is 5.31. The van der Waals surface area contributed by atoms with Crippen LogP contribution in [0.1, 0.15) is 26.7 Å². The largest absolute Gasteiger partial charge is 0.466 e. The number of nitrogens with zero attached hydrogens (tertiary/aromatic N) is 1. The van der Waals surface area contributed by atoms with Gasteiger partial charge in [0, 0.05) is 13.1 Å². The van der Waals surface area contributed by atoms with Gasteiger partial charge in [-0.3, -0.25) is 9.69 Å². The van der Waals surface area contributed by atoms with Gasteiger partial charge < -0.3 is 10.5 Å². The van der Waals surface area contributed by atoms with Crippen molar-refractivity contribution < 1.29 is 9.53 Å². The topological polar surface area (TPSA) is 55.6 Å². The first-order chi connectivity index (χ1) is 6.65. The van der Waals surface area contributed by atoms with Gasteiger partial charge >= 0.3 is 5.97 Å². The minimum Gasteiger partial charge on any atom is -0.466 e. The highest BCUT2D eigenvalue weighted by Crippen LogP contribution is 2.19. The number of piperidine rings is 1. The monoisotopic (exact) mass is 200 g/mol. The van der Waals surface area contributed by atoms with Crippen LogP contribution in [0.2, 0.25) is 0 Å². The van der Waals surface area contributed by atoms with Crippen LogP contribution in [0.3, 0.4) is 0 Å². The summed E-state index contributed by atoms with van der Waals surface area (Å²) in [5.74, 6) is 0.0433. The third-order valence-electron chi connectivity index (χ3n) is 2.73. The molecule has 0 aromatic heterocycles. The predicted octanol–water partition coefficient (Wildman–Crippen LogP) is 0.566. The molecule has 1 fully saturated rings. The molecule has 0 aliphatic carbocycles. The van der Waals surface area contributed by atoms with Crippen molar-refractivity contribution in [3.63, 3.8) is 0 Å². The molecule has 1 unspecified atom stereocenters. The fourth-order valence-corrected chi connectivity index (χ4v) is 1.80. The van der Waals surface area contributed by atoms with Gasteiger partial charge in [0.05, 0.1) is 18.7 Å². The maximum atomic E-state index is 11.4. The summed E-state index contributed by atoms with van der Waals surface area (Å²) in [5.41, 5.74) is 5.76. The van der Waals surface area contributed by atoms with Gasteiger partial charge in [0.1, 0.15) is 0 Å². The maximum absolute atomic E-state index is 11.4. The Morgan fingerprint density at radius 3 is 2.57 bits per heavy atom. The molecule has 0 aromatic rings. The van der Waals surface area contributed by atoms with Crippen molar-refractivity contribution in [2.75, 3.05) is 19.7 Å². The molecule has 1 heterocycles. The summed E-state index contributed by atoms with van der Waals surface area (Å²) >= 11 is 0. The van der Waals surface area contributed by atoms with Gasteiger partial charge in [0.25, 0.3) is 0 Å². The number of rotatable bonds is 3. The second-order valence-electron chi connectivity index (χ2n) is 3.80. The Balaban J connectivity index is 2.31. The molecule has 2 N–H and O–H groups in total. The van der Waals surface area contributed by atoms with E-state index >= 15 is 0 Å². The molecule has 1 saturated heterocycles. The van der Waals surface area contributed by atoms with Crippen molar-refractivity contribution >= 4 is 5.97 Å². The molecule has 0 spiro atoms. The quantitative estimate of drug-likeness (QED) is 0.677. The van der Waals surface area contributed by atoms with Crippen molar-refractivity contribution in [3.05, 3.63) is 0 Å². The molecule has 0 aromatic carbocycles. The van der Waals surface area contributed by atoms with Crippen LogP contribution in [0, 0.1) is 5.92 Å². The summed E-state index contributed by atoms with van der Waals surface area (Å²) in [5, 5.41) is 0. The Labute approximate surface area is 85.4 Å². The van der Waals surface area contributed by atoms with Gasteiger partial charge in [0.15, 0.2) is 0 Å². The summed E-state index contributed by atoms with van der Waals surface area (Å²) in [4.78, 5) is 13.6. The smallest absolute Gasteiger partial charge is 0.309 e. The summed E-state index contributed by atoms with van der Waals surface area (Å²) < 4.78 is 4.99. The van der Waals surface area contributed by atoms with E-state index in [0.717, 1.165) is 25.9 Å². The Hall–Kier alpha value is -0.610. The van der Waals surface area contributed by atoms with E-state index in [9.17, 15) is 4.79 Å². The van der Waals surface area contributed by atoms with Crippen LogP contribution in [0.5, 0.6) is 0 Å². The molecule has 1 rings (SSSR count). The van der Waals surface area contributed by atoms with Gasteiger partial charge in [-0.05, 0) is 26.7 Å². The summed E-state index contributed by atoms with van der Waals surface area (Å²) in [6.45, 7) is 6.11. The van der Waals surface area contributed by atoms with Crippen molar-refractivity contribution in [3.8, 4) is 0 Å². The molecule has 1 atom stereocenters. The molecule has 0 radical (unpaired) electrons. The maximum Gasteiger partial charge on any atom is 0.309 e. The molecule has 0 amide bonds. The lowest BCUT2D eigenvalue weighted by Gasteiger charge is -2.33. The third kappa shape index (κ3) is 2.96. The highest BCUT2D eigenvalue weighted by Gasteiger charge is 2.26. The summed E-state index contributed by atoms with van der Waals surface area (Å²) in [6, 6.07) is 0. The normalized spacial score (nSPS) is 21.9. The number of ether oxygens (including phenoxy) is 1. The van der Waals surface area contributed by atoms with E-state index in [2.05, 4.69) is 4.90 Å². The number of carbonyl (C=O) groups is 1. The zero-order valence-electron chi connectivity index (χ0n) is 9.03. The Morgan fingerprint density at radius 2 is 2.14 bits per heavy atom. The lowest BCUT2D eigenvalue weighted by Crippen LogP contribution is -2.45. The molecule has 4 heteroatoms. The molecular weight excluding hydrogens is 180 g/mol. The van der Waals surface area contributed by atoms with Gasteiger partial charge in [-0.25, -0.2) is 0 Å². The number of carbonyl (C=O) groups excluding carboxylic acids is 1. The van der Waals surface area contributed by atoms with Crippen LogP contribution in [0.25, 0.3) is 0 Å². The highest BCUT2D eigenvalue weighted by atomic mass is 16.5. The zero-order chi connectivity index (χ0) is 10.6. The average Bonchev–Trinajstić information content (AvgIpc) is 2.18. The Morgan fingerprint density at radius 1 is 1.57 bits per heavy atom. The molecule has 1 aliphatic rings. The molecule has 14 heavy (non-hydrogen) atoms. The second kappa shape index (κ2) is 5.32. The second-order valence-corrected chi connectivity index (χ2v) is 3.80. The average molecular weight is 200 g/mol. The molecule has 0 saturated carbocycles. The fraction of sp³-hybridized carbons (Fsp3) is 0.900. The van der Waals surface area contributed by atoms with E-state index < -0.39 is 0 Å². The van der Waals surface area contributed by atoms with Gasteiger partial charge in [-0.2, -0.15) is 0 Å². The first kappa shape index (κ1) is 11.5. The van der Waals surface area contributed by atoms with E-state index in [1.807, 2.05) is 13.8 Å². The third-order valence-corrected chi connectivity index (χ3v) is 2.73. The number of hydrogen-bond acceptors (Lipinski definition) is 4. The van der Waals surface area contributed by atoms with Crippen LogP contribution in [0.15, 0.2) is 0 Å². The molecule has 0 bridgehead atoms. The number of nitrogens with two attached hydrogens (primary N) is 1. The Bertz CT molecular complexity index is 187. The van der Waals surface area contributed by atoms with Crippen molar-refractivity contribution in [2.24, 2.45) is 11.7 Å². The van der Waals surface area contributed by atoms with Crippen molar-refractivity contribution in [1.29, 1.82) is 0 Å². The first-order valence-corrected chi connectivity index (χ1v) is 5.31. The zero-order valence-corrected chi connectivity index (χ0v) is 9.03. The highest BCUT2D eigenvalue weighted by molar-refractivity contribution is 5.72. The number of esters is 1. The molecule has 82 valence electrons. The fourth-order valence-electron chi connectivity index (χ4n) is 1.80. The predicted molar refractivity (Wildman–Crippen MR) is 54.6 cm³/mol. The van der Waals surface area contributed by atoms with Gasteiger partial charge in [-0.15, -0.1) is 0 Å².